The van der Waals surface area contributed by atoms with Crippen LogP contribution in [-0.4, -0.2) is 67.5 Å². The Hall–Kier alpha value is -2.94. The van der Waals surface area contributed by atoms with Crippen molar-refractivity contribution in [3.8, 4) is 11.4 Å². The molecule has 8 nitrogen and oxygen atoms in total. The average Bonchev–Trinajstić information content (AvgIpc) is 3.13. The summed E-state index contributed by atoms with van der Waals surface area (Å²) in [5.74, 6) is 1.98. The van der Waals surface area contributed by atoms with Crippen molar-refractivity contribution < 1.29 is 4.79 Å². The molecule has 1 saturated heterocycles. The summed E-state index contributed by atoms with van der Waals surface area (Å²) < 4.78 is 1.93. The van der Waals surface area contributed by atoms with Gasteiger partial charge in [-0.15, -0.1) is 10.2 Å². The number of anilines is 1. The SMILES string of the molecule is Cn1c(SCC(=O)N2CCN(c3ncccn3)CC2)nnc1-c1ccccc1. The second kappa shape index (κ2) is 8.39. The first-order chi connectivity index (χ1) is 13.7. The molecule has 3 heterocycles. The van der Waals surface area contributed by atoms with Crippen LogP contribution in [0.3, 0.4) is 0 Å². The number of amides is 1. The molecule has 0 aliphatic carbocycles. The van der Waals surface area contributed by atoms with Crippen LogP contribution in [0.2, 0.25) is 0 Å². The molecular weight excluding hydrogens is 374 g/mol. The zero-order chi connectivity index (χ0) is 19.3. The molecule has 1 fully saturated rings. The molecule has 0 bridgehead atoms. The van der Waals surface area contributed by atoms with Gasteiger partial charge in [-0.3, -0.25) is 4.79 Å². The van der Waals surface area contributed by atoms with E-state index in [1.807, 2.05) is 46.8 Å². The Morgan fingerprint density at radius 2 is 1.71 bits per heavy atom. The van der Waals surface area contributed by atoms with Gasteiger partial charge >= 0.3 is 0 Å². The van der Waals surface area contributed by atoms with Crippen LogP contribution >= 0.6 is 11.8 Å². The first-order valence-corrected chi connectivity index (χ1v) is 10.1. The predicted octanol–water partition coefficient (Wildman–Crippen LogP) is 1.71. The minimum Gasteiger partial charge on any atom is -0.338 e. The highest BCUT2D eigenvalue weighted by Crippen LogP contribution is 2.22. The second-order valence-electron chi connectivity index (χ2n) is 6.44. The molecule has 0 N–H and O–H groups in total. The minimum atomic E-state index is 0.114. The smallest absolute Gasteiger partial charge is 0.233 e. The first kappa shape index (κ1) is 18.4. The van der Waals surface area contributed by atoms with E-state index in [-0.39, 0.29) is 5.91 Å². The number of piperazine rings is 1. The van der Waals surface area contributed by atoms with Gasteiger partial charge in [-0.25, -0.2) is 9.97 Å². The fourth-order valence-corrected chi connectivity index (χ4v) is 3.92. The summed E-state index contributed by atoms with van der Waals surface area (Å²) >= 11 is 1.42. The van der Waals surface area contributed by atoms with E-state index in [0.717, 1.165) is 35.6 Å². The minimum absolute atomic E-state index is 0.114. The number of nitrogens with zero attached hydrogens (tertiary/aromatic N) is 7. The van der Waals surface area contributed by atoms with E-state index in [1.54, 1.807) is 18.5 Å². The quantitative estimate of drug-likeness (QED) is 0.609. The maximum atomic E-state index is 12.6. The zero-order valence-corrected chi connectivity index (χ0v) is 16.4. The molecule has 0 radical (unpaired) electrons. The van der Waals surface area contributed by atoms with Crippen molar-refractivity contribution >= 4 is 23.6 Å². The van der Waals surface area contributed by atoms with Crippen LogP contribution < -0.4 is 4.90 Å². The van der Waals surface area contributed by atoms with Crippen molar-refractivity contribution in [3.05, 3.63) is 48.8 Å². The van der Waals surface area contributed by atoms with Gasteiger partial charge in [0.1, 0.15) is 0 Å². The standard InChI is InChI=1S/C19H21N7OS/c1-24-17(15-6-3-2-4-7-15)22-23-19(24)28-14-16(27)25-10-12-26(13-11-25)18-20-8-5-9-21-18/h2-9H,10-14H2,1H3. The molecule has 0 atom stereocenters. The maximum absolute atomic E-state index is 12.6. The van der Waals surface area contributed by atoms with Crippen molar-refractivity contribution in [2.45, 2.75) is 5.16 Å². The van der Waals surface area contributed by atoms with E-state index in [4.69, 9.17) is 0 Å². The Balaban J connectivity index is 1.31. The van der Waals surface area contributed by atoms with E-state index < -0.39 is 0 Å². The van der Waals surface area contributed by atoms with Crippen LogP contribution in [0.25, 0.3) is 11.4 Å². The van der Waals surface area contributed by atoms with Gasteiger partial charge in [0.15, 0.2) is 11.0 Å². The Morgan fingerprint density at radius 3 is 2.43 bits per heavy atom. The van der Waals surface area contributed by atoms with Gasteiger partial charge in [-0.05, 0) is 6.07 Å². The predicted molar refractivity (Wildman–Crippen MR) is 108 cm³/mol. The molecule has 0 saturated carbocycles. The second-order valence-corrected chi connectivity index (χ2v) is 7.38. The summed E-state index contributed by atoms with van der Waals surface area (Å²) in [5.41, 5.74) is 1.01. The van der Waals surface area contributed by atoms with Gasteiger partial charge in [-0.1, -0.05) is 42.1 Å². The van der Waals surface area contributed by atoms with E-state index in [9.17, 15) is 4.79 Å². The van der Waals surface area contributed by atoms with Crippen LogP contribution in [-0.2, 0) is 11.8 Å². The van der Waals surface area contributed by atoms with Gasteiger partial charge < -0.3 is 14.4 Å². The Labute approximate surface area is 167 Å². The number of thioether (sulfide) groups is 1. The van der Waals surface area contributed by atoms with Gasteiger partial charge in [0.25, 0.3) is 0 Å². The summed E-state index contributed by atoms with van der Waals surface area (Å²) in [4.78, 5) is 25.1. The number of carbonyl (C=O) groups is 1. The molecule has 3 aromatic rings. The number of rotatable bonds is 5. The highest BCUT2D eigenvalue weighted by atomic mass is 32.2. The fraction of sp³-hybridized carbons (Fsp3) is 0.316. The topological polar surface area (TPSA) is 80.0 Å². The maximum Gasteiger partial charge on any atom is 0.233 e. The molecular formula is C19H21N7OS. The normalized spacial score (nSPS) is 14.3. The van der Waals surface area contributed by atoms with E-state index in [1.165, 1.54) is 11.8 Å². The van der Waals surface area contributed by atoms with Crippen molar-refractivity contribution in [2.75, 3.05) is 36.8 Å². The third-order valence-corrected chi connectivity index (χ3v) is 5.66. The van der Waals surface area contributed by atoms with Crippen LogP contribution in [0.4, 0.5) is 5.95 Å². The Kier molecular flexibility index (Phi) is 5.52. The van der Waals surface area contributed by atoms with Crippen molar-refractivity contribution in [1.82, 2.24) is 29.6 Å². The lowest BCUT2D eigenvalue weighted by atomic mass is 10.2. The third-order valence-electron chi connectivity index (χ3n) is 4.66. The molecule has 1 aliphatic rings. The lowest BCUT2D eigenvalue weighted by Gasteiger charge is -2.34. The fourth-order valence-electron chi connectivity index (χ4n) is 3.11. The van der Waals surface area contributed by atoms with Crippen LogP contribution in [0.1, 0.15) is 0 Å². The first-order valence-electron chi connectivity index (χ1n) is 9.10. The average molecular weight is 395 g/mol. The summed E-state index contributed by atoms with van der Waals surface area (Å²) in [6, 6.07) is 11.7. The van der Waals surface area contributed by atoms with Crippen LogP contribution in [0.5, 0.6) is 0 Å². The van der Waals surface area contributed by atoms with E-state index in [0.29, 0.717) is 18.8 Å². The van der Waals surface area contributed by atoms with Crippen molar-refractivity contribution in [2.24, 2.45) is 7.05 Å². The van der Waals surface area contributed by atoms with E-state index in [2.05, 4.69) is 25.1 Å². The lowest BCUT2D eigenvalue weighted by molar-refractivity contribution is -0.128. The molecule has 9 heteroatoms. The molecule has 1 aliphatic heterocycles. The Morgan fingerprint density at radius 1 is 1.00 bits per heavy atom. The Bertz CT molecular complexity index is 924. The van der Waals surface area contributed by atoms with Crippen LogP contribution in [0, 0.1) is 0 Å². The van der Waals surface area contributed by atoms with E-state index >= 15 is 0 Å². The lowest BCUT2D eigenvalue weighted by Crippen LogP contribution is -2.49. The molecule has 4 rings (SSSR count). The number of benzene rings is 1. The van der Waals surface area contributed by atoms with Gasteiger partial charge in [0.05, 0.1) is 5.75 Å². The largest absolute Gasteiger partial charge is 0.338 e. The molecule has 1 aromatic carbocycles. The van der Waals surface area contributed by atoms with Gasteiger partial charge in [0.2, 0.25) is 11.9 Å². The van der Waals surface area contributed by atoms with Crippen LogP contribution in [0.15, 0.2) is 53.9 Å². The zero-order valence-electron chi connectivity index (χ0n) is 15.6. The number of carbonyl (C=O) groups excluding carboxylic acids is 1. The molecule has 28 heavy (non-hydrogen) atoms. The number of hydrogen-bond acceptors (Lipinski definition) is 7. The number of hydrogen-bond donors (Lipinski definition) is 0. The van der Waals surface area contributed by atoms with Crippen molar-refractivity contribution in [3.63, 3.8) is 0 Å². The highest BCUT2D eigenvalue weighted by Gasteiger charge is 2.23. The molecule has 2 aromatic heterocycles. The third kappa shape index (κ3) is 3.99. The van der Waals surface area contributed by atoms with Gasteiger partial charge in [-0.2, -0.15) is 0 Å². The molecule has 0 unspecified atom stereocenters. The summed E-state index contributed by atoms with van der Waals surface area (Å²) in [5, 5.41) is 9.25. The summed E-state index contributed by atoms with van der Waals surface area (Å²) in [7, 11) is 1.92. The highest BCUT2D eigenvalue weighted by molar-refractivity contribution is 7.99. The molecule has 0 spiro atoms. The monoisotopic (exact) mass is 395 g/mol. The summed E-state index contributed by atoms with van der Waals surface area (Å²) in [6.45, 7) is 2.82. The summed E-state index contributed by atoms with van der Waals surface area (Å²) in [6.07, 6.45) is 3.47. The van der Waals surface area contributed by atoms with Gasteiger partial charge in [0, 0.05) is 51.2 Å². The molecule has 1 amide bonds. The van der Waals surface area contributed by atoms with Crippen molar-refractivity contribution in [1.29, 1.82) is 0 Å². The number of aromatic nitrogens is 5. The molecule has 144 valence electrons.